The number of hydrogen-bond donors (Lipinski definition) is 0. The van der Waals surface area contributed by atoms with Gasteiger partial charge in [-0.15, -0.1) is 0 Å². The van der Waals surface area contributed by atoms with E-state index in [2.05, 4.69) is 20.7 Å². The molecule has 4 nitrogen and oxygen atoms in total. The van der Waals surface area contributed by atoms with Gasteiger partial charge in [0.05, 0.1) is 21.3 Å². The molecule has 1 unspecified atom stereocenters. The second kappa shape index (κ2) is 5.75. The summed E-state index contributed by atoms with van der Waals surface area (Å²) in [5, 5.41) is 0. The largest absolute Gasteiger partial charge is 0.497 e. The second-order valence-corrected chi connectivity index (χ2v) is 3.91. The van der Waals surface area contributed by atoms with Crippen molar-refractivity contribution >= 4 is 21.9 Å². The van der Waals surface area contributed by atoms with E-state index in [1.54, 1.807) is 32.4 Å². The van der Waals surface area contributed by atoms with Gasteiger partial charge in [-0.25, -0.2) is 0 Å². The summed E-state index contributed by atoms with van der Waals surface area (Å²) in [6.45, 7) is 0. The minimum atomic E-state index is -0.567. The first-order valence-electron chi connectivity index (χ1n) is 4.57. The molecule has 1 rings (SSSR count). The average molecular weight is 289 g/mol. The van der Waals surface area contributed by atoms with Crippen molar-refractivity contribution in [3.8, 4) is 11.5 Å². The lowest BCUT2D eigenvalue weighted by Crippen LogP contribution is -2.09. The van der Waals surface area contributed by atoms with Crippen LogP contribution in [0.3, 0.4) is 0 Å². The molecule has 1 atom stereocenters. The fraction of sp³-hybridized carbons (Fsp3) is 0.364. The maximum absolute atomic E-state index is 11.4. The van der Waals surface area contributed by atoms with E-state index < -0.39 is 4.83 Å². The van der Waals surface area contributed by atoms with Gasteiger partial charge in [0.15, 0.2) is 0 Å². The van der Waals surface area contributed by atoms with Crippen LogP contribution in [-0.4, -0.2) is 27.3 Å². The number of ether oxygens (including phenoxy) is 3. The number of carbonyl (C=O) groups excluding carboxylic acids is 1. The Morgan fingerprint density at radius 2 is 1.94 bits per heavy atom. The first kappa shape index (κ1) is 12.8. The Morgan fingerprint density at radius 3 is 2.44 bits per heavy atom. The van der Waals surface area contributed by atoms with Crippen LogP contribution in [0, 0.1) is 0 Å². The topological polar surface area (TPSA) is 44.8 Å². The lowest BCUT2D eigenvalue weighted by Gasteiger charge is -2.13. The summed E-state index contributed by atoms with van der Waals surface area (Å²) >= 11 is 3.26. The molecule has 0 saturated carbocycles. The van der Waals surface area contributed by atoms with Gasteiger partial charge in [-0.1, -0.05) is 15.9 Å². The third-order valence-corrected chi connectivity index (χ3v) is 2.99. The summed E-state index contributed by atoms with van der Waals surface area (Å²) in [6, 6.07) is 5.24. The Morgan fingerprint density at radius 1 is 1.25 bits per heavy atom. The molecule has 0 amide bonds. The Balaban J connectivity index is 3.12. The van der Waals surface area contributed by atoms with Gasteiger partial charge in [0.25, 0.3) is 0 Å². The highest BCUT2D eigenvalue weighted by molar-refractivity contribution is 9.09. The zero-order valence-electron chi connectivity index (χ0n) is 9.32. The molecule has 0 heterocycles. The number of halogens is 1. The van der Waals surface area contributed by atoms with Crippen LogP contribution in [0.4, 0.5) is 0 Å². The minimum absolute atomic E-state index is 0.383. The molecular formula is C11H13BrO4. The highest BCUT2D eigenvalue weighted by Crippen LogP contribution is 2.34. The molecule has 16 heavy (non-hydrogen) atoms. The molecule has 0 aliphatic rings. The van der Waals surface area contributed by atoms with Crippen LogP contribution in [0.25, 0.3) is 0 Å². The van der Waals surface area contributed by atoms with Gasteiger partial charge in [0.1, 0.15) is 16.3 Å². The zero-order valence-corrected chi connectivity index (χ0v) is 10.9. The summed E-state index contributed by atoms with van der Waals surface area (Å²) < 4.78 is 14.9. The molecule has 1 aromatic rings. The number of hydrogen-bond acceptors (Lipinski definition) is 4. The van der Waals surface area contributed by atoms with E-state index in [0.29, 0.717) is 17.1 Å². The molecule has 0 radical (unpaired) electrons. The van der Waals surface area contributed by atoms with Crippen LogP contribution >= 0.6 is 15.9 Å². The SMILES string of the molecule is COC(=O)C(Br)c1cc(OC)ccc1OC. The van der Waals surface area contributed by atoms with E-state index >= 15 is 0 Å². The Hall–Kier alpha value is -1.23. The van der Waals surface area contributed by atoms with Crippen LogP contribution in [0.1, 0.15) is 10.4 Å². The lowest BCUT2D eigenvalue weighted by molar-refractivity contribution is -0.139. The summed E-state index contributed by atoms with van der Waals surface area (Å²) in [6.07, 6.45) is 0. The molecule has 0 bridgehead atoms. The summed E-state index contributed by atoms with van der Waals surface area (Å²) in [4.78, 5) is 10.8. The minimum Gasteiger partial charge on any atom is -0.497 e. The van der Waals surface area contributed by atoms with Crippen molar-refractivity contribution in [1.82, 2.24) is 0 Å². The van der Waals surface area contributed by atoms with E-state index in [9.17, 15) is 4.79 Å². The van der Waals surface area contributed by atoms with Gasteiger partial charge < -0.3 is 14.2 Å². The zero-order chi connectivity index (χ0) is 12.1. The highest BCUT2D eigenvalue weighted by atomic mass is 79.9. The smallest absolute Gasteiger partial charge is 0.324 e. The number of carbonyl (C=O) groups is 1. The molecular weight excluding hydrogens is 276 g/mol. The van der Waals surface area contributed by atoms with Crippen LogP contribution in [-0.2, 0) is 9.53 Å². The number of esters is 1. The van der Waals surface area contributed by atoms with Crippen molar-refractivity contribution in [3.05, 3.63) is 23.8 Å². The van der Waals surface area contributed by atoms with Crippen LogP contribution in [0.15, 0.2) is 18.2 Å². The molecule has 0 saturated heterocycles. The van der Waals surface area contributed by atoms with Crippen LogP contribution in [0.2, 0.25) is 0 Å². The van der Waals surface area contributed by atoms with Gasteiger partial charge >= 0.3 is 5.97 Å². The number of alkyl halides is 1. The quantitative estimate of drug-likeness (QED) is 0.630. The Labute approximate surface area is 103 Å². The highest BCUT2D eigenvalue weighted by Gasteiger charge is 2.22. The first-order valence-corrected chi connectivity index (χ1v) is 5.49. The lowest BCUT2D eigenvalue weighted by atomic mass is 10.1. The maximum Gasteiger partial charge on any atom is 0.324 e. The Kier molecular flexibility index (Phi) is 4.61. The predicted octanol–water partition coefficient (Wildman–Crippen LogP) is 2.31. The van der Waals surface area contributed by atoms with E-state index in [4.69, 9.17) is 9.47 Å². The van der Waals surface area contributed by atoms with E-state index in [1.807, 2.05) is 0 Å². The van der Waals surface area contributed by atoms with Crippen LogP contribution in [0.5, 0.6) is 11.5 Å². The molecule has 88 valence electrons. The van der Waals surface area contributed by atoms with E-state index in [1.165, 1.54) is 7.11 Å². The normalized spacial score (nSPS) is 11.8. The number of methoxy groups -OCH3 is 3. The monoisotopic (exact) mass is 288 g/mol. The summed E-state index contributed by atoms with van der Waals surface area (Å²) in [5.74, 6) is 0.879. The van der Waals surface area contributed by atoms with Gasteiger partial charge in [-0.05, 0) is 18.2 Å². The molecule has 5 heteroatoms. The van der Waals surface area contributed by atoms with Gasteiger partial charge in [-0.3, -0.25) is 4.79 Å². The number of rotatable bonds is 4. The van der Waals surface area contributed by atoms with Crippen molar-refractivity contribution < 1.29 is 19.0 Å². The standard InChI is InChI=1S/C11H13BrO4/c1-14-7-4-5-9(15-2)8(6-7)10(12)11(13)16-3/h4-6,10H,1-3H3. The third-order valence-electron chi connectivity index (χ3n) is 2.12. The Bertz CT molecular complexity index is 378. The summed E-state index contributed by atoms with van der Waals surface area (Å²) in [7, 11) is 4.44. The third kappa shape index (κ3) is 2.66. The fourth-order valence-electron chi connectivity index (χ4n) is 1.27. The predicted molar refractivity (Wildman–Crippen MR) is 63.2 cm³/mol. The molecule has 0 aliphatic heterocycles. The second-order valence-electron chi connectivity index (χ2n) is 2.99. The molecule has 0 spiro atoms. The van der Waals surface area contributed by atoms with Crippen LogP contribution < -0.4 is 9.47 Å². The van der Waals surface area contributed by atoms with Crippen molar-refractivity contribution in [1.29, 1.82) is 0 Å². The maximum atomic E-state index is 11.4. The van der Waals surface area contributed by atoms with Gasteiger partial charge in [-0.2, -0.15) is 0 Å². The molecule has 0 aliphatic carbocycles. The average Bonchev–Trinajstić information content (AvgIpc) is 2.35. The molecule has 0 aromatic heterocycles. The number of benzene rings is 1. The van der Waals surface area contributed by atoms with Crippen molar-refractivity contribution in [2.24, 2.45) is 0 Å². The molecule has 0 N–H and O–H groups in total. The van der Waals surface area contributed by atoms with Crippen molar-refractivity contribution in [3.63, 3.8) is 0 Å². The van der Waals surface area contributed by atoms with Gasteiger partial charge in [0.2, 0.25) is 0 Å². The van der Waals surface area contributed by atoms with Gasteiger partial charge in [0, 0.05) is 5.56 Å². The van der Waals surface area contributed by atoms with Crippen molar-refractivity contribution in [2.75, 3.05) is 21.3 Å². The summed E-state index contributed by atoms with van der Waals surface area (Å²) in [5.41, 5.74) is 0.675. The van der Waals surface area contributed by atoms with Crippen molar-refractivity contribution in [2.45, 2.75) is 4.83 Å². The van der Waals surface area contributed by atoms with E-state index in [0.717, 1.165) is 0 Å². The molecule has 0 fully saturated rings. The molecule has 1 aromatic carbocycles. The first-order chi connectivity index (χ1) is 7.63. The fourth-order valence-corrected chi connectivity index (χ4v) is 1.81. The van der Waals surface area contributed by atoms with E-state index in [-0.39, 0.29) is 5.97 Å².